The molecule has 5 aliphatic rings. The summed E-state index contributed by atoms with van der Waals surface area (Å²) < 4.78 is 3.72. The van der Waals surface area contributed by atoms with Gasteiger partial charge in [0.15, 0.2) is 0 Å². The Morgan fingerprint density at radius 2 is 1.56 bits per heavy atom. The Hall–Kier alpha value is 0.908. The Bertz CT molecular complexity index is 762. The summed E-state index contributed by atoms with van der Waals surface area (Å²) in [5.41, 5.74) is 13.9. The van der Waals surface area contributed by atoms with Gasteiger partial charge in [-0.2, -0.15) is 11.8 Å². The monoisotopic (exact) mass is 824 g/mol. The molecule has 0 heterocycles. The Balaban J connectivity index is 0.000000925. The zero-order chi connectivity index (χ0) is 30.6. The number of rotatable bonds is 5. The van der Waals surface area contributed by atoms with Gasteiger partial charge in [-0.1, -0.05) is 71.4 Å². The van der Waals surface area contributed by atoms with Crippen molar-refractivity contribution in [2.75, 3.05) is 19.6 Å². The van der Waals surface area contributed by atoms with Gasteiger partial charge in [-0.05, 0) is 124 Å². The van der Waals surface area contributed by atoms with Gasteiger partial charge in [-0.25, -0.2) is 0 Å². The second kappa shape index (κ2) is 21.7. The van der Waals surface area contributed by atoms with Crippen LogP contribution in [-0.2, 0) is 25.4 Å². The summed E-state index contributed by atoms with van der Waals surface area (Å²) in [4.78, 5) is 0. The molecular weight excluding hydrogens is 755 g/mol. The molecule has 5 N–H and O–H groups in total. The van der Waals surface area contributed by atoms with Crippen LogP contribution in [-0.4, -0.2) is 42.9 Å². The number of unbranched alkanes of at least 4 members (excludes halogenated alkanes) is 1. The van der Waals surface area contributed by atoms with Gasteiger partial charge in [0.05, 0.1) is 25.1 Å². The predicted molar refractivity (Wildman–Crippen MR) is 188 cm³/mol. The molecule has 260 valence electrons. The fourth-order valence-electron chi connectivity index (χ4n) is 9.36. The number of nitrogens with two attached hydrogens (primary N) is 2. The van der Waals surface area contributed by atoms with Gasteiger partial charge in [0.2, 0.25) is 0 Å². The molecule has 0 aromatic rings. The second-order valence-corrected chi connectivity index (χ2v) is 16.0. The molecule has 5 rings (SSSR count). The van der Waals surface area contributed by atoms with Crippen molar-refractivity contribution in [1.82, 2.24) is 0 Å². The zero-order valence-electron chi connectivity index (χ0n) is 29.1. The fourth-order valence-corrected chi connectivity index (χ4v) is 9.36. The van der Waals surface area contributed by atoms with Gasteiger partial charge >= 0.3 is 0 Å². The van der Waals surface area contributed by atoms with E-state index in [0.717, 1.165) is 55.3 Å². The molecule has 4 saturated carbocycles. The molecule has 0 bridgehead atoms. The minimum atomic E-state index is -0.0727. The molecule has 9 unspecified atom stereocenters. The van der Waals surface area contributed by atoms with Crippen LogP contribution in [0.1, 0.15) is 130 Å². The third-order valence-corrected chi connectivity index (χ3v) is 11.7. The molecule has 4 fully saturated rings. The van der Waals surface area contributed by atoms with Crippen LogP contribution >= 0.6 is 23.6 Å². The maximum Gasteiger partial charge on any atom is 0.0606 e. The standard InChI is InChI=1S/C26H44O.C6H14N2.C2H6S.CH3ClO.CH3.Pt/c1-18(2)7-5-6-8-19-10-12-23-22-11-9-20-17-21(27)13-15-26(20,4)24(22)14-16-25(19,23)3;7-5-3-1-2-4-6(5)8;2*1-3-2;;/h9,18-19,21-24,27H,5-8,10-17H2,1-4H3;5-6H,1-4,7-8H2;1-2H3;1H3;1H3;/q;;;;-1;. The first-order valence-corrected chi connectivity index (χ1v) is 18.9. The third kappa shape index (κ3) is 12.1. The molecule has 43 heavy (non-hydrogen) atoms. The van der Waals surface area contributed by atoms with Crippen molar-refractivity contribution in [1.29, 1.82) is 0 Å². The van der Waals surface area contributed by atoms with Gasteiger partial charge in [0, 0.05) is 33.1 Å². The van der Waals surface area contributed by atoms with Gasteiger partial charge in [-0.15, -0.1) is 0 Å². The average Bonchev–Trinajstić information content (AvgIpc) is 3.26. The van der Waals surface area contributed by atoms with Gasteiger partial charge in [0.25, 0.3) is 0 Å². The van der Waals surface area contributed by atoms with Crippen LogP contribution in [0.15, 0.2) is 11.6 Å². The normalized spacial score (nSPS) is 37.5. The summed E-state index contributed by atoms with van der Waals surface area (Å²) in [6.07, 6.45) is 27.6. The summed E-state index contributed by atoms with van der Waals surface area (Å²) in [6, 6.07) is 0.562. The molecular formula is C36H70ClN2O2PtS-. The van der Waals surface area contributed by atoms with E-state index < -0.39 is 0 Å². The van der Waals surface area contributed by atoms with Crippen molar-refractivity contribution < 1.29 is 30.5 Å². The van der Waals surface area contributed by atoms with E-state index in [1.54, 1.807) is 17.3 Å². The first kappa shape index (κ1) is 43.9. The second-order valence-electron chi connectivity index (χ2n) is 14.8. The van der Waals surface area contributed by atoms with E-state index in [9.17, 15) is 5.11 Å². The number of hydrogen-bond acceptors (Lipinski definition) is 5. The van der Waals surface area contributed by atoms with E-state index in [2.05, 4.69) is 49.9 Å². The van der Waals surface area contributed by atoms with E-state index in [0.29, 0.717) is 10.8 Å². The van der Waals surface area contributed by atoms with Crippen molar-refractivity contribution >= 4 is 23.6 Å². The quantitative estimate of drug-likeness (QED) is 0.146. The SMILES string of the molecule is CC(C)CCCCC1CCC2C3CC=C4CC(O)CCC4(C)C3CCC12C.COCl.CSC.NC1CCCCC1N.[CH3-].[Pt]. The van der Waals surface area contributed by atoms with Crippen molar-refractivity contribution in [3.05, 3.63) is 19.1 Å². The smallest absolute Gasteiger partial charge is 0.0606 e. The van der Waals surface area contributed by atoms with Crippen molar-refractivity contribution in [2.24, 2.45) is 51.9 Å². The molecule has 0 amide bonds. The Kier molecular flexibility index (Phi) is 22.2. The molecule has 9 atom stereocenters. The Morgan fingerprint density at radius 1 is 0.977 bits per heavy atom. The molecule has 7 heteroatoms. The summed E-state index contributed by atoms with van der Waals surface area (Å²) in [5, 5.41) is 10.2. The zero-order valence-corrected chi connectivity index (χ0v) is 33.0. The molecule has 5 aliphatic carbocycles. The van der Waals surface area contributed by atoms with E-state index in [1.165, 1.54) is 84.2 Å². The summed E-state index contributed by atoms with van der Waals surface area (Å²) in [7, 11) is 1.39. The Labute approximate surface area is 291 Å². The van der Waals surface area contributed by atoms with Crippen molar-refractivity contribution in [2.45, 2.75) is 149 Å². The van der Waals surface area contributed by atoms with Crippen LogP contribution in [0.3, 0.4) is 0 Å². The van der Waals surface area contributed by atoms with E-state index >= 15 is 0 Å². The van der Waals surface area contributed by atoms with Crippen LogP contribution in [0.25, 0.3) is 0 Å². The number of aliphatic hydroxyl groups excluding tert-OH is 1. The maximum absolute atomic E-state index is 10.2. The number of halogens is 1. The largest absolute Gasteiger partial charge is 0.393 e. The number of thioether (sulfide) groups is 1. The van der Waals surface area contributed by atoms with Gasteiger partial charge in [0.1, 0.15) is 0 Å². The molecule has 0 aromatic heterocycles. The van der Waals surface area contributed by atoms with E-state index in [1.807, 2.05) is 12.5 Å². The predicted octanol–water partition coefficient (Wildman–Crippen LogP) is 9.57. The molecule has 0 spiro atoms. The minimum absolute atomic E-state index is 0. The minimum Gasteiger partial charge on any atom is -0.393 e. The first-order valence-electron chi connectivity index (χ1n) is 16.9. The maximum atomic E-state index is 10.2. The first-order chi connectivity index (χ1) is 19.5. The molecule has 0 aromatic carbocycles. The fraction of sp³-hybridized carbons (Fsp3) is 0.917. The molecule has 0 aliphatic heterocycles. The third-order valence-electron chi connectivity index (χ3n) is 11.7. The van der Waals surface area contributed by atoms with Crippen LogP contribution in [0.2, 0.25) is 0 Å². The number of aliphatic hydroxyl groups is 1. The van der Waals surface area contributed by atoms with Gasteiger partial charge < -0.3 is 24.0 Å². The van der Waals surface area contributed by atoms with Crippen LogP contribution in [0, 0.1) is 47.8 Å². The van der Waals surface area contributed by atoms with Crippen molar-refractivity contribution in [3.63, 3.8) is 0 Å². The van der Waals surface area contributed by atoms with Gasteiger partial charge in [-0.3, -0.25) is 4.29 Å². The van der Waals surface area contributed by atoms with E-state index in [-0.39, 0.29) is 46.7 Å². The number of allylic oxidation sites excluding steroid dienone is 1. The molecule has 0 saturated heterocycles. The molecule has 0 radical (unpaired) electrons. The van der Waals surface area contributed by atoms with E-state index in [4.69, 9.17) is 11.5 Å². The number of fused-ring (bicyclic) bond motifs is 5. The van der Waals surface area contributed by atoms with Crippen LogP contribution < -0.4 is 11.5 Å². The summed E-state index contributed by atoms with van der Waals surface area (Å²) in [6.45, 7) is 9.97. The van der Waals surface area contributed by atoms with Crippen molar-refractivity contribution in [3.8, 4) is 0 Å². The summed E-state index contributed by atoms with van der Waals surface area (Å²) >= 11 is 6.25. The molecule has 4 nitrogen and oxygen atoms in total. The topological polar surface area (TPSA) is 81.5 Å². The summed E-state index contributed by atoms with van der Waals surface area (Å²) in [5.74, 6) is 4.64. The Morgan fingerprint density at radius 3 is 2.09 bits per heavy atom. The van der Waals surface area contributed by atoms with Crippen LogP contribution in [0.4, 0.5) is 0 Å². The van der Waals surface area contributed by atoms with Crippen LogP contribution in [0.5, 0.6) is 0 Å². The average molecular weight is 826 g/mol. The number of hydrogen-bond donors (Lipinski definition) is 3.